The van der Waals surface area contributed by atoms with Gasteiger partial charge in [-0.1, -0.05) is 73.1 Å². The molecule has 0 spiro atoms. The van der Waals surface area contributed by atoms with E-state index in [1.54, 1.807) is 24.0 Å². The summed E-state index contributed by atoms with van der Waals surface area (Å²) in [4.78, 5) is 27.5. The van der Waals surface area contributed by atoms with Crippen LogP contribution in [0.2, 0.25) is 5.02 Å². The minimum Gasteiger partial charge on any atom is -0.354 e. The molecule has 4 nitrogen and oxygen atoms in total. The van der Waals surface area contributed by atoms with Crippen LogP contribution < -0.4 is 5.32 Å². The number of amides is 2. The van der Waals surface area contributed by atoms with Crippen LogP contribution in [-0.4, -0.2) is 29.3 Å². The predicted molar refractivity (Wildman–Crippen MR) is 127 cm³/mol. The van der Waals surface area contributed by atoms with Gasteiger partial charge in [-0.15, -0.1) is 0 Å². The lowest BCUT2D eigenvalue weighted by molar-refractivity contribution is -0.140. The number of halogens is 1. The number of aryl methyl sites for hydroxylation is 1. The first-order valence-electron chi connectivity index (χ1n) is 10.8. The summed E-state index contributed by atoms with van der Waals surface area (Å²) in [5, 5.41) is 5.88. The molecule has 1 atom stereocenters. The largest absolute Gasteiger partial charge is 0.354 e. The van der Waals surface area contributed by atoms with Gasteiger partial charge >= 0.3 is 0 Å². The van der Waals surface area contributed by atoms with Gasteiger partial charge in [0.25, 0.3) is 0 Å². The van der Waals surface area contributed by atoms with Gasteiger partial charge in [-0.3, -0.25) is 9.59 Å². The molecule has 0 aromatic heterocycles. The number of fused-ring (bicyclic) bond motifs is 1. The molecule has 1 N–H and O–H groups in total. The summed E-state index contributed by atoms with van der Waals surface area (Å²) in [7, 11) is 0. The number of rotatable bonds is 9. The van der Waals surface area contributed by atoms with Crippen molar-refractivity contribution in [1.82, 2.24) is 10.2 Å². The lowest BCUT2D eigenvalue weighted by atomic mass is 10.0. The van der Waals surface area contributed by atoms with E-state index in [2.05, 4.69) is 29.6 Å². The Kier molecular flexibility index (Phi) is 8.07. The monoisotopic (exact) mass is 436 g/mol. The first-order chi connectivity index (χ1) is 15.0. The number of carbonyl (C=O) groups is 2. The Morgan fingerprint density at radius 1 is 1.00 bits per heavy atom. The van der Waals surface area contributed by atoms with Gasteiger partial charge in [-0.05, 0) is 53.8 Å². The van der Waals surface area contributed by atoms with Crippen LogP contribution in [-0.2, 0) is 22.6 Å². The van der Waals surface area contributed by atoms with Crippen molar-refractivity contribution in [1.29, 1.82) is 0 Å². The molecule has 0 aliphatic carbocycles. The Morgan fingerprint density at radius 2 is 1.71 bits per heavy atom. The van der Waals surface area contributed by atoms with Crippen molar-refractivity contribution in [2.24, 2.45) is 0 Å². The first-order valence-corrected chi connectivity index (χ1v) is 11.2. The molecule has 3 rings (SSSR count). The van der Waals surface area contributed by atoms with Crippen LogP contribution in [0.4, 0.5) is 0 Å². The Bertz CT molecular complexity index is 1030. The fourth-order valence-electron chi connectivity index (χ4n) is 3.66. The molecule has 0 fully saturated rings. The third-order valence-electron chi connectivity index (χ3n) is 5.47. The zero-order valence-corrected chi connectivity index (χ0v) is 18.9. The molecule has 0 saturated heterocycles. The number of benzene rings is 3. The molecular formula is C26H29ClN2O2. The predicted octanol–water partition coefficient (Wildman–Crippen LogP) is 5.37. The van der Waals surface area contributed by atoms with Crippen LogP contribution in [0.15, 0.2) is 66.7 Å². The molecule has 0 bridgehead atoms. The van der Waals surface area contributed by atoms with Crippen molar-refractivity contribution < 1.29 is 9.59 Å². The highest BCUT2D eigenvalue weighted by Gasteiger charge is 2.25. The van der Waals surface area contributed by atoms with Gasteiger partial charge in [0.15, 0.2) is 0 Å². The Labute approximate surface area is 189 Å². The molecule has 31 heavy (non-hydrogen) atoms. The van der Waals surface area contributed by atoms with Crippen LogP contribution >= 0.6 is 11.6 Å². The quantitative estimate of drug-likeness (QED) is 0.490. The fourth-order valence-corrected chi connectivity index (χ4v) is 3.79. The van der Waals surface area contributed by atoms with Crippen molar-refractivity contribution in [2.45, 2.75) is 45.7 Å². The third kappa shape index (κ3) is 6.08. The standard InChI is InChI=1S/C26H29ClN2O2/c1-3-17-28-26(31)19(2)29(18-20-11-14-23(27)15-12-20)25(30)16-13-22-9-6-8-21-7-4-5-10-24(21)22/h4-12,14-15,19H,3,13,16-18H2,1-2H3,(H,28,31)/t19-/m1/s1. The SMILES string of the molecule is CCCNC(=O)[C@@H](C)N(Cc1ccc(Cl)cc1)C(=O)CCc1cccc2ccccc12. The summed E-state index contributed by atoms with van der Waals surface area (Å²) < 4.78 is 0. The zero-order valence-electron chi connectivity index (χ0n) is 18.1. The summed E-state index contributed by atoms with van der Waals surface area (Å²) >= 11 is 6.00. The minimum absolute atomic E-state index is 0.0398. The molecule has 2 amide bonds. The van der Waals surface area contributed by atoms with Gasteiger partial charge in [0.05, 0.1) is 0 Å². The van der Waals surface area contributed by atoms with Crippen LogP contribution in [0.1, 0.15) is 37.8 Å². The van der Waals surface area contributed by atoms with Crippen LogP contribution in [0.5, 0.6) is 0 Å². The van der Waals surface area contributed by atoms with Crippen LogP contribution in [0, 0.1) is 0 Å². The summed E-state index contributed by atoms with van der Waals surface area (Å²) in [6.45, 7) is 4.76. The Hall–Kier alpha value is -2.85. The lowest BCUT2D eigenvalue weighted by Crippen LogP contribution is -2.47. The number of hydrogen-bond donors (Lipinski definition) is 1. The normalized spacial score (nSPS) is 11.8. The van der Waals surface area contributed by atoms with E-state index >= 15 is 0 Å². The van der Waals surface area contributed by atoms with Gasteiger partial charge in [-0.25, -0.2) is 0 Å². The van der Waals surface area contributed by atoms with E-state index in [1.165, 1.54) is 0 Å². The second-order valence-electron chi connectivity index (χ2n) is 7.75. The van der Waals surface area contributed by atoms with Crippen molar-refractivity contribution in [2.75, 3.05) is 6.54 Å². The average Bonchev–Trinajstić information content (AvgIpc) is 2.80. The van der Waals surface area contributed by atoms with E-state index in [0.29, 0.717) is 31.0 Å². The number of nitrogens with one attached hydrogen (secondary N) is 1. The van der Waals surface area contributed by atoms with Crippen molar-refractivity contribution in [3.05, 3.63) is 82.9 Å². The van der Waals surface area contributed by atoms with E-state index in [0.717, 1.165) is 28.3 Å². The van der Waals surface area contributed by atoms with Crippen LogP contribution in [0.25, 0.3) is 10.8 Å². The molecule has 0 heterocycles. The molecule has 0 unspecified atom stereocenters. The molecule has 0 aliphatic heterocycles. The lowest BCUT2D eigenvalue weighted by Gasteiger charge is -2.29. The second kappa shape index (κ2) is 11.0. The van der Waals surface area contributed by atoms with Crippen LogP contribution in [0.3, 0.4) is 0 Å². The third-order valence-corrected chi connectivity index (χ3v) is 5.72. The van der Waals surface area contributed by atoms with Gasteiger partial charge in [-0.2, -0.15) is 0 Å². The topological polar surface area (TPSA) is 49.4 Å². The molecule has 3 aromatic carbocycles. The van der Waals surface area contributed by atoms with Crippen molar-refractivity contribution in [3.8, 4) is 0 Å². The van der Waals surface area contributed by atoms with Gasteiger partial charge in [0.2, 0.25) is 11.8 Å². The average molecular weight is 437 g/mol. The van der Waals surface area contributed by atoms with Crippen molar-refractivity contribution >= 4 is 34.2 Å². The molecule has 0 saturated carbocycles. The fraction of sp³-hybridized carbons (Fsp3) is 0.308. The molecule has 0 radical (unpaired) electrons. The maximum atomic E-state index is 13.3. The summed E-state index contributed by atoms with van der Waals surface area (Å²) in [6, 6.07) is 21.2. The highest BCUT2D eigenvalue weighted by molar-refractivity contribution is 6.30. The van der Waals surface area contributed by atoms with Crippen molar-refractivity contribution in [3.63, 3.8) is 0 Å². The molecular weight excluding hydrogens is 408 g/mol. The molecule has 5 heteroatoms. The van der Waals surface area contributed by atoms with Gasteiger partial charge < -0.3 is 10.2 Å². The molecule has 162 valence electrons. The van der Waals surface area contributed by atoms with E-state index in [9.17, 15) is 9.59 Å². The highest BCUT2D eigenvalue weighted by atomic mass is 35.5. The van der Waals surface area contributed by atoms with E-state index in [4.69, 9.17) is 11.6 Å². The van der Waals surface area contributed by atoms with E-state index < -0.39 is 6.04 Å². The smallest absolute Gasteiger partial charge is 0.242 e. The summed E-state index contributed by atoms with van der Waals surface area (Å²) in [6.07, 6.45) is 1.82. The number of hydrogen-bond acceptors (Lipinski definition) is 2. The number of carbonyl (C=O) groups excluding carboxylic acids is 2. The van der Waals surface area contributed by atoms with Gasteiger partial charge in [0, 0.05) is 24.5 Å². The Morgan fingerprint density at radius 3 is 2.45 bits per heavy atom. The second-order valence-corrected chi connectivity index (χ2v) is 8.19. The minimum atomic E-state index is -0.553. The highest BCUT2D eigenvalue weighted by Crippen LogP contribution is 2.21. The molecule has 0 aliphatic rings. The summed E-state index contributed by atoms with van der Waals surface area (Å²) in [5.41, 5.74) is 2.08. The van der Waals surface area contributed by atoms with E-state index in [1.807, 2.05) is 37.3 Å². The van der Waals surface area contributed by atoms with Gasteiger partial charge in [0.1, 0.15) is 6.04 Å². The zero-order chi connectivity index (χ0) is 22.2. The maximum absolute atomic E-state index is 13.3. The number of nitrogens with zero attached hydrogens (tertiary/aromatic N) is 1. The Balaban J connectivity index is 1.77. The van der Waals surface area contributed by atoms with E-state index in [-0.39, 0.29) is 11.8 Å². The molecule has 3 aromatic rings. The summed E-state index contributed by atoms with van der Waals surface area (Å²) in [5.74, 6) is -0.170. The maximum Gasteiger partial charge on any atom is 0.242 e. The first kappa shape index (κ1) is 22.8.